The molecule has 5 nitrogen and oxygen atoms in total. The predicted octanol–water partition coefficient (Wildman–Crippen LogP) is 4.06. The summed E-state index contributed by atoms with van der Waals surface area (Å²) in [6.07, 6.45) is 6.71. The minimum Gasteiger partial charge on any atom is -0.504 e. The van der Waals surface area contributed by atoms with Gasteiger partial charge in [-0.15, -0.1) is 0 Å². The van der Waals surface area contributed by atoms with Crippen molar-refractivity contribution >= 4 is 18.1 Å². The Bertz CT molecular complexity index is 806. The Hall–Kier alpha value is -3.21. The van der Waals surface area contributed by atoms with Crippen molar-refractivity contribution in [1.82, 2.24) is 0 Å². The first-order valence-corrected chi connectivity index (χ1v) is 7.65. The van der Waals surface area contributed by atoms with E-state index >= 15 is 0 Å². The molecule has 0 aliphatic carbocycles. The minimum absolute atomic E-state index is 0.0354. The average Bonchev–Trinajstić information content (AvgIpc) is 2.62. The molecule has 1 N–H and O–H groups in total. The Kier molecular flexibility index (Phi) is 6.23. The van der Waals surface area contributed by atoms with Gasteiger partial charge < -0.3 is 19.3 Å². The summed E-state index contributed by atoms with van der Waals surface area (Å²) in [5, 5.41) is 9.57. The molecule has 0 saturated carbocycles. The molecule has 0 spiro atoms. The van der Waals surface area contributed by atoms with E-state index in [-0.39, 0.29) is 5.75 Å². The molecule has 0 unspecified atom stereocenters. The zero-order valence-electron chi connectivity index (χ0n) is 14.4. The van der Waals surface area contributed by atoms with Gasteiger partial charge >= 0.3 is 5.97 Å². The van der Waals surface area contributed by atoms with E-state index in [1.807, 2.05) is 25.1 Å². The van der Waals surface area contributed by atoms with E-state index < -0.39 is 5.97 Å². The maximum Gasteiger partial charge on any atom is 0.336 e. The number of aromatic hydroxyl groups is 1. The van der Waals surface area contributed by atoms with Crippen molar-refractivity contribution in [3.05, 3.63) is 59.7 Å². The summed E-state index contributed by atoms with van der Waals surface area (Å²) in [6, 6.07) is 10.1. The molecule has 5 heteroatoms. The second-order valence-electron chi connectivity index (χ2n) is 5.10. The minimum atomic E-state index is -0.538. The van der Waals surface area contributed by atoms with Gasteiger partial charge in [0.1, 0.15) is 0 Å². The fourth-order valence-corrected chi connectivity index (χ4v) is 2.17. The van der Waals surface area contributed by atoms with Gasteiger partial charge in [0, 0.05) is 6.08 Å². The van der Waals surface area contributed by atoms with Gasteiger partial charge in [-0.3, -0.25) is 0 Å². The molecule has 2 rings (SSSR count). The van der Waals surface area contributed by atoms with E-state index in [0.29, 0.717) is 22.8 Å². The smallest absolute Gasteiger partial charge is 0.336 e. The molecule has 0 saturated heterocycles. The van der Waals surface area contributed by atoms with Crippen molar-refractivity contribution in [3.8, 4) is 23.0 Å². The van der Waals surface area contributed by atoms with E-state index in [9.17, 15) is 9.90 Å². The Morgan fingerprint density at radius 1 is 0.920 bits per heavy atom. The number of methoxy groups -OCH3 is 2. The molecule has 0 fully saturated rings. The van der Waals surface area contributed by atoms with Crippen LogP contribution in [0.4, 0.5) is 0 Å². The summed E-state index contributed by atoms with van der Waals surface area (Å²) in [5.41, 5.74) is 1.65. The summed E-state index contributed by atoms with van der Waals surface area (Å²) < 4.78 is 15.6. The Morgan fingerprint density at radius 3 is 2.24 bits per heavy atom. The molecule has 0 aromatic heterocycles. The lowest BCUT2D eigenvalue weighted by Crippen LogP contribution is -2.05. The standard InChI is InChI=1S/C20H20O5/c1-4-5-14-7-10-17(19(13-14)24-3)25-20(22)11-8-15-6-9-16(21)18(12-15)23-2/h4-13,21H,1-3H3/b5-4?,11-8+. The Balaban J connectivity index is 2.12. The third-order valence-electron chi connectivity index (χ3n) is 3.37. The van der Waals surface area contributed by atoms with Crippen molar-refractivity contribution in [1.29, 1.82) is 0 Å². The van der Waals surface area contributed by atoms with Gasteiger partial charge in [-0.25, -0.2) is 4.79 Å². The van der Waals surface area contributed by atoms with Gasteiger partial charge in [0.25, 0.3) is 0 Å². The Labute approximate surface area is 146 Å². The Morgan fingerprint density at radius 2 is 1.56 bits per heavy atom. The summed E-state index contributed by atoms with van der Waals surface area (Å²) >= 11 is 0. The first kappa shape index (κ1) is 18.1. The lowest BCUT2D eigenvalue weighted by Gasteiger charge is -2.08. The van der Waals surface area contributed by atoms with Crippen LogP contribution in [0.2, 0.25) is 0 Å². The number of ether oxygens (including phenoxy) is 3. The molecule has 0 amide bonds. The molecule has 0 radical (unpaired) electrons. The van der Waals surface area contributed by atoms with Crippen LogP contribution in [0.25, 0.3) is 12.2 Å². The zero-order chi connectivity index (χ0) is 18.2. The molecule has 2 aromatic carbocycles. The van der Waals surface area contributed by atoms with Crippen LogP contribution in [-0.4, -0.2) is 25.3 Å². The molecule has 0 bridgehead atoms. The number of rotatable bonds is 6. The van der Waals surface area contributed by atoms with Crippen molar-refractivity contribution in [2.24, 2.45) is 0 Å². The van der Waals surface area contributed by atoms with Gasteiger partial charge in [-0.2, -0.15) is 0 Å². The predicted molar refractivity (Wildman–Crippen MR) is 97.0 cm³/mol. The van der Waals surface area contributed by atoms with Gasteiger partial charge in [0.2, 0.25) is 0 Å². The molecule has 0 atom stereocenters. The lowest BCUT2D eigenvalue weighted by molar-refractivity contribution is -0.129. The molecular weight excluding hydrogens is 320 g/mol. The number of carbonyl (C=O) groups is 1. The van der Waals surface area contributed by atoms with E-state index in [1.165, 1.54) is 26.4 Å². The van der Waals surface area contributed by atoms with Crippen LogP contribution in [0, 0.1) is 0 Å². The maximum absolute atomic E-state index is 12.0. The molecular formula is C20H20O5. The average molecular weight is 340 g/mol. The van der Waals surface area contributed by atoms with Crippen LogP contribution in [0.1, 0.15) is 18.1 Å². The molecule has 0 aliphatic rings. The highest BCUT2D eigenvalue weighted by molar-refractivity contribution is 5.89. The van der Waals surface area contributed by atoms with E-state index in [4.69, 9.17) is 14.2 Å². The fourth-order valence-electron chi connectivity index (χ4n) is 2.17. The van der Waals surface area contributed by atoms with Gasteiger partial charge in [-0.05, 0) is 48.4 Å². The highest BCUT2D eigenvalue weighted by Gasteiger charge is 2.08. The van der Waals surface area contributed by atoms with Gasteiger partial charge in [0.15, 0.2) is 23.0 Å². The van der Waals surface area contributed by atoms with E-state index in [0.717, 1.165) is 5.56 Å². The molecule has 0 aliphatic heterocycles. The van der Waals surface area contributed by atoms with Crippen molar-refractivity contribution in [2.75, 3.05) is 14.2 Å². The third kappa shape index (κ3) is 4.88. The summed E-state index contributed by atoms with van der Waals surface area (Å²) in [5.74, 6) is 0.645. The van der Waals surface area contributed by atoms with Crippen molar-refractivity contribution in [2.45, 2.75) is 6.92 Å². The first-order chi connectivity index (χ1) is 12.1. The number of phenols is 1. The molecule has 0 heterocycles. The SMILES string of the molecule is CC=Cc1ccc(OC(=O)/C=C/c2ccc(O)c(OC)c2)c(OC)c1. The number of hydrogen-bond donors (Lipinski definition) is 1. The number of allylic oxidation sites excluding steroid dienone is 1. The van der Waals surface area contributed by atoms with Crippen molar-refractivity contribution < 1.29 is 24.1 Å². The number of carbonyl (C=O) groups excluding carboxylic acids is 1. The van der Waals surface area contributed by atoms with Crippen LogP contribution >= 0.6 is 0 Å². The number of phenolic OH excluding ortho intramolecular Hbond substituents is 1. The molecule has 130 valence electrons. The summed E-state index contributed by atoms with van der Waals surface area (Å²) in [6.45, 7) is 1.92. The molecule has 25 heavy (non-hydrogen) atoms. The van der Waals surface area contributed by atoms with Crippen LogP contribution in [0.3, 0.4) is 0 Å². The number of benzene rings is 2. The first-order valence-electron chi connectivity index (χ1n) is 7.65. The second kappa shape index (κ2) is 8.59. The number of esters is 1. The maximum atomic E-state index is 12.0. The van der Waals surface area contributed by atoms with Gasteiger partial charge in [0.05, 0.1) is 14.2 Å². The van der Waals surface area contributed by atoms with E-state index in [1.54, 1.807) is 30.3 Å². The van der Waals surface area contributed by atoms with Crippen LogP contribution in [0.15, 0.2) is 48.6 Å². The van der Waals surface area contributed by atoms with Crippen LogP contribution < -0.4 is 14.2 Å². The largest absolute Gasteiger partial charge is 0.504 e. The van der Waals surface area contributed by atoms with Crippen LogP contribution in [-0.2, 0) is 4.79 Å². The highest BCUT2D eigenvalue weighted by atomic mass is 16.6. The van der Waals surface area contributed by atoms with E-state index in [2.05, 4.69) is 0 Å². The van der Waals surface area contributed by atoms with Crippen molar-refractivity contribution in [3.63, 3.8) is 0 Å². The third-order valence-corrected chi connectivity index (χ3v) is 3.37. The zero-order valence-corrected chi connectivity index (χ0v) is 14.4. The normalized spacial score (nSPS) is 11.0. The quantitative estimate of drug-likeness (QED) is 0.488. The highest BCUT2D eigenvalue weighted by Crippen LogP contribution is 2.29. The number of hydrogen-bond acceptors (Lipinski definition) is 5. The monoisotopic (exact) mass is 340 g/mol. The summed E-state index contributed by atoms with van der Waals surface area (Å²) in [4.78, 5) is 12.0. The topological polar surface area (TPSA) is 65.0 Å². The summed E-state index contributed by atoms with van der Waals surface area (Å²) in [7, 11) is 2.98. The molecule has 2 aromatic rings. The van der Waals surface area contributed by atoms with Crippen LogP contribution in [0.5, 0.6) is 23.0 Å². The second-order valence-corrected chi connectivity index (χ2v) is 5.10. The fraction of sp³-hybridized carbons (Fsp3) is 0.150. The lowest BCUT2D eigenvalue weighted by atomic mass is 10.2. The van der Waals surface area contributed by atoms with Gasteiger partial charge in [-0.1, -0.05) is 24.3 Å².